The van der Waals surface area contributed by atoms with Gasteiger partial charge >= 0.3 is 0 Å². The van der Waals surface area contributed by atoms with Crippen LogP contribution in [-0.2, 0) is 0 Å². The van der Waals surface area contributed by atoms with Gasteiger partial charge in [0.1, 0.15) is 6.67 Å². The molecule has 0 aliphatic rings. The Bertz CT molecular complexity index is 239. The van der Waals surface area contributed by atoms with Crippen molar-refractivity contribution < 1.29 is 4.39 Å². The fourth-order valence-electron chi connectivity index (χ4n) is 0.859. The first kappa shape index (κ1) is 8.50. The predicted octanol–water partition coefficient (Wildman–Crippen LogP) is 2.31. The van der Waals surface area contributed by atoms with Gasteiger partial charge in [-0.15, -0.1) is 0 Å². The van der Waals surface area contributed by atoms with Crippen molar-refractivity contribution in [2.45, 2.75) is 6.04 Å². The van der Waals surface area contributed by atoms with Crippen LogP contribution in [0, 0.1) is 0 Å². The summed E-state index contributed by atoms with van der Waals surface area (Å²) in [6.45, 7) is -0.580. The van der Waals surface area contributed by atoms with Crippen LogP contribution in [0.3, 0.4) is 0 Å². The van der Waals surface area contributed by atoms with Crippen LogP contribution in [-0.4, -0.2) is 6.67 Å². The van der Waals surface area contributed by atoms with Crippen LogP contribution < -0.4 is 5.73 Å². The highest BCUT2D eigenvalue weighted by Crippen LogP contribution is 2.20. The van der Waals surface area contributed by atoms with Gasteiger partial charge in [-0.3, -0.25) is 0 Å². The Labute approximate surface area is 70.0 Å². The Morgan fingerprint density at radius 1 is 1.45 bits per heavy atom. The van der Waals surface area contributed by atoms with Crippen molar-refractivity contribution in [2.75, 3.05) is 6.67 Å². The number of hydrogen-bond acceptors (Lipinski definition) is 1. The number of nitrogens with two attached hydrogens (primary N) is 1. The fourth-order valence-corrected chi connectivity index (χ4v) is 1.13. The van der Waals surface area contributed by atoms with Gasteiger partial charge in [0.15, 0.2) is 0 Å². The number of rotatable bonds is 2. The molecule has 0 bridgehead atoms. The highest BCUT2D eigenvalue weighted by atomic mass is 35.5. The van der Waals surface area contributed by atoms with E-state index in [0.717, 1.165) is 0 Å². The normalized spacial score (nSPS) is 13.0. The third-order valence-electron chi connectivity index (χ3n) is 1.47. The van der Waals surface area contributed by atoms with Gasteiger partial charge in [0.05, 0.1) is 6.04 Å². The first-order chi connectivity index (χ1) is 5.25. The second kappa shape index (κ2) is 3.69. The maximum atomic E-state index is 12.1. The van der Waals surface area contributed by atoms with E-state index in [1.54, 1.807) is 24.3 Å². The number of benzene rings is 1. The largest absolute Gasteiger partial charge is 0.322 e. The first-order valence-corrected chi connectivity index (χ1v) is 3.69. The molecule has 1 nitrogen and oxygen atoms in total. The summed E-state index contributed by atoms with van der Waals surface area (Å²) in [7, 11) is 0. The zero-order valence-corrected chi connectivity index (χ0v) is 6.68. The Morgan fingerprint density at radius 2 is 2.09 bits per heavy atom. The molecule has 3 heteroatoms. The monoisotopic (exact) mass is 173 g/mol. The summed E-state index contributed by atoms with van der Waals surface area (Å²) in [6, 6.07) is 6.41. The molecule has 60 valence electrons. The van der Waals surface area contributed by atoms with Crippen LogP contribution in [0.5, 0.6) is 0 Å². The molecule has 0 aliphatic carbocycles. The van der Waals surface area contributed by atoms with Gasteiger partial charge in [-0.1, -0.05) is 29.8 Å². The smallest absolute Gasteiger partial charge is 0.109 e. The van der Waals surface area contributed by atoms with Gasteiger partial charge in [0, 0.05) is 5.02 Å². The minimum Gasteiger partial charge on any atom is -0.322 e. The molecular formula is C8H9ClFN. The molecule has 1 atom stereocenters. The first-order valence-electron chi connectivity index (χ1n) is 3.31. The van der Waals surface area contributed by atoms with E-state index in [-0.39, 0.29) is 0 Å². The third kappa shape index (κ3) is 1.91. The van der Waals surface area contributed by atoms with Crippen LogP contribution in [0.4, 0.5) is 4.39 Å². The molecule has 0 aliphatic heterocycles. The van der Waals surface area contributed by atoms with Gasteiger partial charge in [-0.25, -0.2) is 4.39 Å². The van der Waals surface area contributed by atoms with Crippen LogP contribution in [0.25, 0.3) is 0 Å². The number of alkyl halides is 1. The quantitative estimate of drug-likeness (QED) is 0.730. The summed E-state index contributed by atoms with van der Waals surface area (Å²) in [5.41, 5.74) is 6.10. The average molecular weight is 174 g/mol. The molecule has 0 fully saturated rings. The maximum Gasteiger partial charge on any atom is 0.109 e. The second-order valence-electron chi connectivity index (χ2n) is 2.28. The average Bonchev–Trinajstić information content (AvgIpc) is 2.04. The summed E-state index contributed by atoms with van der Waals surface area (Å²) < 4.78 is 12.1. The highest BCUT2D eigenvalue weighted by Gasteiger charge is 2.07. The Kier molecular flexibility index (Phi) is 2.85. The van der Waals surface area contributed by atoms with E-state index in [1.807, 2.05) is 0 Å². The molecule has 0 spiro atoms. The molecule has 0 unspecified atom stereocenters. The molecule has 0 aromatic heterocycles. The summed E-state index contributed by atoms with van der Waals surface area (Å²) in [5, 5.41) is 0.526. The van der Waals surface area contributed by atoms with Crippen molar-refractivity contribution in [1.82, 2.24) is 0 Å². The molecule has 0 amide bonds. The fraction of sp³-hybridized carbons (Fsp3) is 0.250. The Hall–Kier alpha value is -0.600. The summed E-state index contributed by atoms with van der Waals surface area (Å²) in [5.74, 6) is 0. The van der Waals surface area contributed by atoms with Crippen LogP contribution in [0.2, 0.25) is 5.02 Å². The van der Waals surface area contributed by atoms with Crippen LogP contribution >= 0.6 is 11.6 Å². The molecule has 0 heterocycles. The lowest BCUT2D eigenvalue weighted by molar-refractivity contribution is 0.437. The van der Waals surface area contributed by atoms with E-state index in [0.29, 0.717) is 10.6 Å². The van der Waals surface area contributed by atoms with Crippen molar-refractivity contribution in [3.05, 3.63) is 34.9 Å². The SMILES string of the molecule is N[C@@H](CF)c1ccccc1Cl. The van der Waals surface area contributed by atoms with E-state index in [9.17, 15) is 4.39 Å². The predicted molar refractivity (Wildman–Crippen MR) is 44.4 cm³/mol. The lowest BCUT2D eigenvalue weighted by atomic mass is 10.1. The highest BCUT2D eigenvalue weighted by molar-refractivity contribution is 6.31. The molecule has 11 heavy (non-hydrogen) atoms. The van der Waals surface area contributed by atoms with Gasteiger partial charge in [0.2, 0.25) is 0 Å². The molecule has 1 aromatic carbocycles. The summed E-state index contributed by atoms with van der Waals surface area (Å²) >= 11 is 5.75. The van der Waals surface area contributed by atoms with Crippen LogP contribution in [0.15, 0.2) is 24.3 Å². The number of halogens is 2. The molecule has 0 saturated carbocycles. The zero-order chi connectivity index (χ0) is 8.27. The molecule has 0 saturated heterocycles. The van der Waals surface area contributed by atoms with E-state index in [1.165, 1.54) is 0 Å². The molecule has 0 radical (unpaired) electrons. The van der Waals surface area contributed by atoms with E-state index in [4.69, 9.17) is 17.3 Å². The minimum atomic E-state index is -0.594. The number of hydrogen-bond donors (Lipinski definition) is 1. The minimum absolute atomic E-state index is 0.526. The van der Waals surface area contributed by atoms with Crippen molar-refractivity contribution in [3.8, 4) is 0 Å². The van der Waals surface area contributed by atoms with E-state index >= 15 is 0 Å². The van der Waals surface area contributed by atoms with Crippen molar-refractivity contribution in [3.63, 3.8) is 0 Å². The van der Waals surface area contributed by atoms with Gasteiger partial charge in [-0.05, 0) is 11.6 Å². The van der Waals surface area contributed by atoms with Crippen LogP contribution in [0.1, 0.15) is 11.6 Å². The molecular weight excluding hydrogens is 165 g/mol. The topological polar surface area (TPSA) is 26.0 Å². The van der Waals surface area contributed by atoms with E-state index in [2.05, 4.69) is 0 Å². The van der Waals surface area contributed by atoms with E-state index < -0.39 is 12.7 Å². The van der Waals surface area contributed by atoms with Gasteiger partial charge < -0.3 is 5.73 Å². The Morgan fingerprint density at radius 3 is 2.64 bits per heavy atom. The van der Waals surface area contributed by atoms with Crippen molar-refractivity contribution in [1.29, 1.82) is 0 Å². The third-order valence-corrected chi connectivity index (χ3v) is 1.82. The lowest BCUT2D eigenvalue weighted by Crippen LogP contribution is -2.12. The second-order valence-corrected chi connectivity index (χ2v) is 2.69. The maximum absolute atomic E-state index is 12.1. The summed E-state index contributed by atoms with van der Waals surface area (Å²) in [4.78, 5) is 0. The van der Waals surface area contributed by atoms with Crippen molar-refractivity contribution >= 4 is 11.6 Å². The lowest BCUT2D eigenvalue weighted by Gasteiger charge is -2.08. The molecule has 1 aromatic rings. The van der Waals surface area contributed by atoms with Gasteiger partial charge in [0.25, 0.3) is 0 Å². The van der Waals surface area contributed by atoms with Crippen molar-refractivity contribution in [2.24, 2.45) is 5.73 Å². The zero-order valence-electron chi connectivity index (χ0n) is 5.93. The summed E-state index contributed by atoms with van der Waals surface area (Å²) in [6.07, 6.45) is 0. The standard InChI is InChI=1S/C8H9ClFN/c9-7-4-2-1-3-6(7)8(11)5-10/h1-4,8H,5,11H2/t8-/m0/s1. The molecule has 1 rings (SSSR count). The Balaban J connectivity index is 2.93. The molecule has 2 N–H and O–H groups in total. The van der Waals surface area contributed by atoms with Gasteiger partial charge in [-0.2, -0.15) is 0 Å².